The van der Waals surface area contributed by atoms with E-state index in [1.807, 2.05) is 0 Å². The second-order valence-electron chi connectivity index (χ2n) is 10.7. The largest absolute Gasteiger partial charge is 0.245 e. The molecule has 0 saturated carbocycles. The summed E-state index contributed by atoms with van der Waals surface area (Å²) in [5, 5.41) is 0. The van der Waals surface area contributed by atoms with Gasteiger partial charge in [0.05, 0.1) is 22.8 Å². The maximum absolute atomic E-state index is 5.15. The van der Waals surface area contributed by atoms with E-state index in [4.69, 9.17) is 9.97 Å². The van der Waals surface area contributed by atoms with Crippen LogP contribution in [0.1, 0.15) is 67.3 Å². The molecule has 0 N–H and O–H groups in total. The molecule has 0 bridgehead atoms. The minimum Gasteiger partial charge on any atom is -0.245 e. The van der Waals surface area contributed by atoms with Crippen molar-refractivity contribution in [3.8, 4) is 0 Å². The van der Waals surface area contributed by atoms with Crippen LogP contribution in [-0.2, 0) is 0 Å². The lowest BCUT2D eigenvalue weighted by Gasteiger charge is -2.08. The summed E-state index contributed by atoms with van der Waals surface area (Å²) in [5.74, 6) is 0. The zero-order valence-corrected chi connectivity index (χ0v) is 24.8. The highest BCUT2D eigenvalue weighted by Crippen LogP contribution is 2.21. The molecule has 5 rings (SSSR count). The van der Waals surface area contributed by atoms with E-state index in [0.717, 1.165) is 45.0 Å². The summed E-state index contributed by atoms with van der Waals surface area (Å²) in [6, 6.07) is 34.0. The summed E-state index contributed by atoms with van der Waals surface area (Å²) in [7, 11) is 0. The van der Waals surface area contributed by atoms with Gasteiger partial charge in [-0.25, -0.2) is 9.97 Å². The van der Waals surface area contributed by atoms with Crippen molar-refractivity contribution in [2.45, 2.75) is 27.7 Å². The van der Waals surface area contributed by atoms with Gasteiger partial charge >= 0.3 is 0 Å². The van der Waals surface area contributed by atoms with Crippen LogP contribution in [0, 0.1) is 27.7 Å². The normalized spacial score (nSPS) is 11.9. The van der Waals surface area contributed by atoms with E-state index in [2.05, 4.69) is 173 Å². The summed E-state index contributed by atoms with van der Waals surface area (Å²) >= 11 is 0. The molecule has 5 aromatic rings. The van der Waals surface area contributed by atoms with Crippen LogP contribution >= 0.6 is 0 Å². The molecule has 4 aromatic carbocycles. The minimum absolute atomic E-state index is 0.815. The van der Waals surface area contributed by atoms with Crippen molar-refractivity contribution in [2.24, 2.45) is 0 Å². The Morgan fingerprint density at radius 2 is 0.476 bits per heavy atom. The number of aromatic nitrogens is 2. The number of hydrogen-bond acceptors (Lipinski definition) is 2. The third kappa shape index (κ3) is 7.99. The molecule has 0 radical (unpaired) electrons. The molecule has 0 saturated heterocycles. The second-order valence-corrected chi connectivity index (χ2v) is 10.7. The number of hydrogen-bond donors (Lipinski definition) is 0. The first-order chi connectivity index (χ1) is 20.4. The lowest BCUT2D eigenvalue weighted by molar-refractivity contribution is 1.12. The number of benzene rings is 4. The van der Waals surface area contributed by atoms with Gasteiger partial charge in [-0.3, -0.25) is 0 Å². The molecule has 0 unspecified atom stereocenters. The van der Waals surface area contributed by atoms with Crippen LogP contribution < -0.4 is 0 Å². The van der Waals surface area contributed by atoms with Crippen LogP contribution in [0.25, 0.3) is 48.6 Å². The molecular weight excluding hydrogens is 508 g/mol. The predicted molar refractivity (Wildman–Crippen MR) is 182 cm³/mol. The maximum atomic E-state index is 5.15. The minimum atomic E-state index is 0.815. The topological polar surface area (TPSA) is 25.8 Å². The first-order valence-electron chi connectivity index (χ1n) is 14.3. The van der Waals surface area contributed by atoms with Crippen LogP contribution in [0.4, 0.5) is 0 Å². The quantitative estimate of drug-likeness (QED) is 0.194. The van der Waals surface area contributed by atoms with Crippen LogP contribution in [0.2, 0.25) is 0 Å². The van der Waals surface area contributed by atoms with Crippen LogP contribution in [0.3, 0.4) is 0 Å². The van der Waals surface area contributed by atoms with Crippen molar-refractivity contribution in [3.05, 3.63) is 164 Å². The van der Waals surface area contributed by atoms with Crippen molar-refractivity contribution in [2.75, 3.05) is 0 Å². The lowest BCUT2D eigenvalue weighted by Crippen LogP contribution is -1.99. The SMILES string of the molecule is Cc1ccc(C=Cc2nc(C=Cc3ccc(C)cc3)c(C=Cc3ccc(C)cc3)nc2C=Cc2ccc(C)cc2)cc1. The average molecular weight is 545 g/mol. The van der Waals surface area contributed by atoms with Gasteiger partial charge in [-0.1, -0.05) is 144 Å². The third-order valence-electron chi connectivity index (χ3n) is 7.05. The fourth-order valence-electron chi connectivity index (χ4n) is 4.39. The number of nitrogens with zero attached hydrogens (tertiary/aromatic N) is 2. The van der Waals surface area contributed by atoms with Crippen LogP contribution in [0.15, 0.2) is 97.1 Å². The molecule has 206 valence electrons. The van der Waals surface area contributed by atoms with Crippen LogP contribution in [0.5, 0.6) is 0 Å². The highest BCUT2D eigenvalue weighted by Gasteiger charge is 2.08. The molecular formula is C40H36N2. The molecule has 0 aliphatic heterocycles. The van der Waals surface area contributed by atoms with Gasteiger partial charge in [0, 0.05) is 0 Å². The zero-order valence-electron chi connectivity index (χ0n) is 24.8. The Balaban J connectivity index is 1.60. The van der Waals surface area contributed by atoms with Gasteiger partial charge < -0.3 is 0 Å². The maximum Gasteiger partial charge on any atom is 0.0894 e. The average Bonchev–Trinajstić information content (AvgIpc) is 3.00. The summed E-state index contributed by atoms with van der Waals surface area (Å²) in [5.41, 5.74) is 12.7. The first-order valence-corrected chi connectivity index (χ1v) is 14.3. The van der Waals surface area contributed by atoms with E-state index in [-0.39, 0.29) is 0 Å². The van der Waals surface area contributed by atoms with Crippen molar-refractivity contribution in [3.63, 3.8) is 0 Å². The molecule has 42 heavy (non-hydrogen) atoms. The lowest BCUT2D eigenvalue weighted by atomic mass is 10.1. The standard InChI is InChI=1S/C40H36N2/c1-29-5-13-33(14-6-29)21-25-37-38(26-22-34-15-7-30(2)8-16-34)42-40(28-24-36-19-11-32(4)12-20-36)39(41-37)27-23-35-17-9-31(3)10-18-35/h5-28H,1-4H3. The van der Waals surface area contributed by atoms with E-state index in [1.165, 1.54) is 22.3 Å². The van der Waals surface area contributed by atoms with Gasteiger partial charge in [0.25, 0.3) is 0 Å². The highest BCUT2D eigenvalue weighted by atomic mass is 14.8. The van der Waals surface area contributed by atoms with Crippen molar-refractivity contribution < 1.29 is 0 Å². The fourth-order valence-corrected chi connectivity index (χ4v) is 4.39. The number of aryl methyl sites for hydroxylation is 4. The predicted octanol–water partition coefficient (Wildman–Crippen LogP) is 10.4. The molecule has 1 heterocycles. The van der Waals surface area contributed by atoms with Gasteiger partial charge in [0.2, 0.25) is 0 Å². The summed E-state index contributed by atoms with van der Waals surface area (Å²) in [6.45, 7) is 8.40. The molecule has 0 fully saturated rings. The van der Waals surface area contributed by atoms with E-state index in [0.29, 0.717) is 0 Å². The second kappa shape index (κ2) is 13.5. The Morgan fingerprint density at radius 1 is 0.286 bits per heavy atom. The van der Waals surface area contributed by atoms with E-state index < -0.39 is 0 Å². The van der Waals surface area contributed by atoms with Gasteiger partial charge in [-0.15, -0.1) is 0 Å². The third-order valence-corrected chi connectivity index (χ3v) is 7.05. The van der Waals surface area contributed by atoms with Crippen LogP contribution in [-0.4, -0.2) is 9.97 Å². The Bertz CT molecular complexity index is 1480. The van der Waals surface area contributed by atoms with Crippen molar-refractivity contribution in [1.82, 2.24) is 9.97 Å². The van der Waals surface area contributed by atoms with E-state index in [1.54, 1.807) is 0 Å². The van der Waals surface area contributed by atoms with E-state index in [9.17, 15) is 0 Å². The first kappa shape index (κ1) is 28.4. The molecule has 0 atom stereocenters. The van der Waals surface area contributed by atoms with Crippen molar-refractivity contribution in [1.29, 1.82) is 0 Å². The molecule has 0 aliphatic rings. The molecule has 0 amide bonds. The summed E-state index contributed by atoms with van der Waals surface area (Å²) in [4.78, 5) is 10.3. The monoisotopic (exact) mass is 544 g/mol. The summed E-state index contributed by atoms with van der Waals surface area (Å²) in [6.07, 6.45) is 16.6. The Hall–Kier alpha value is -5.08. The molecule has 0 spiro atoms. The fraction of sp³-hybridized carbons (Fsp3) is 0.100. The molecule has 1 aromatic heterocycles. The van der Waals surface area contributed by atoms with E-state index >= 15 is 0 Å². The smallest absolute Gasteiger partial charge is 0.0894 e. The van der Waals surface area contributed by atoms with Gasteiger partial charge in [-0.2, -0.15) is 0 Å². The zero-order chi connectivity index (χ0) is 29.3. The molecule has 2 heteroatoms. The van der Waals surface area contributed by atoms with Gasteiger partial charge in [-0.05, 0) is 74.3 Å². The molecule has 2 nitrogen and oxygen atoms in total. The number of rotatable bonds is 8. The molecule has 0 aliphatic carbocycles. The summed E-state index contributed by atoms with van der Waals surface area (Å²) < 4.78 is 0. The van der Waals surface area contributed by atoms with Gasteiger partial charge in [0.15, 0.2) is 0 Å². The Kier molecular flexibility index (Phi) is 9.16. The highest BCUT2D eigenvalue weighted by molar-refractivity contribution is 5.81. The van der Waals surface area contributed by atoms with Crippen molar-refractivity contribution >= 4 is 48.6 Å². The Morgan fingerprint density at radius 3 is 0.667 bits per heavy atom. The Labute approximate surface area is 250 Å². The van der Waals surface area contributed by atoms with Gasteiger partial charge in [0.1, 0.15) is 0 Å².